The van der Waals surface area contributed by atoms with Gasteiger partial charge in [0.2, 0.25) is 10.0 Å². The van der Waals surface area contributed by atoms with Crippen molar-refractivity contribution in [3.8, 4) is 12.1 Å². The van der Waals surface area contributed by atoms with Crippen molar-refractivity contribution < 1.29 is 17.9 Å². The van der Waals surface area contributed by atoms with Crippen LogP contribution in [0.5, 0.6) is 0 Å². The highest BCUT2D eigenvalue weighted by Crippen LogP contribution is 2.48. The molecule has 9 heteroatoms. The molecule has 1 aliphatic heterocycles. The van der Waals surface area contributed by atoms with Crippen LogP contribution in [0.15, 0.2) is 53.4 Å². The SMILES string of the molecule is CCOC(=O)C(C#N)C1(C#N)c2ccccc2S(=O)(=O)N1CCCCc1ccc(Cl)cc1. The third kappa shape index (κ3) is 4.10. The molecule has 0 N–H and O–H groups in total. The molecule has 32 heavy (non-hydrogen) atoms. The van der Waals surface area contributed by atoms with Crippen molar-refractivity contribution >= 4 is 27.6 Å². The van der Waals surface area contributed by atoms with Gasteiger partial charge in [-0.1, -0.05) is 41.9 Å². The number of esters is 1. The van der Waals surface area contributed by atoms with Gasteiger partial charge in [-0.25, -0.2) is 8.42 Å². The molecular formula is C23H22ClN3O4S. The topological polar surface area (TPSA) is 111 Å². The molecule has 0 saturated heterocycles. The van der Waals surface area contributed by atoms with Crippen LogP contribution < -0.4 is 0 Å². The van der Waals surface area contributed by atoms with Gasteiger partial charge in [0.05, 0.1) is 23.6 Å². The molecule has 0 saturated carbocycles. The van der Waals surface area contributed by atoms with E-state index in [2.05, 4.69) is 0 Å². The van der Waals surface area contributed by atoms with Crippen LogP contribution in [0.1, 0.15) is 30.9 Å². The summed E-state index contributed by atoms with van der Waals surface area (Å²) in [6.45, 7) is 1.57. The molecule has 2 aromatic carbocycles. The van der Waals surface area contributed by atoms with E-state index in [4.69, 9.17) is 16.3 Å². The number of benzene rings is 2. The van der Waals surface area contributed by atoms with Crippen LogP contribution in [0.4, 0.5) is 0 Å². The molecular weight excluding hydrogens is 450 g/mol. The molecule has 1 aliphatic rings. The highest BCUT2D eigenvalue weighted by molar-refractivity contribution is 7.89. The molecule has 2 aromatic rings. The Kier molecular flexibility index (Phi) is 7.20. The van der Waals surface area contributed by atoms with Crippen LogP contribution in [0.25, 0.3) is 0 Å². The van der Waals surface area contributed by atoms with Crippen molar-refractivity contribution in [2.45, 2.75) is 36.6 Å². The van der Waals surface area contributed by atoms with Gasteiger partial charge >= 0.3 is 5.97 Å². The Morgan fingerprint density at radius 3 is 2.47 bits per heavy atom. The van der Waals surface area contributed by atoms with E-state index in [-0.39, 0.29) is 23.6 Å². The largest absolute Gasteiger partial charge is 0.465 e. The number of fused-ring (bicyclic) bond motifs is 1. The number of carbonyl (C=O) groups excluding carboxylic acids is 1. The molecule has 7 nitrogen and oxygen atoms in total. The highest BCUT2D eigenvalue weighted by atomic mass is 35.5. The Balaban J connectivity index is 1.94. The van der Waals surface area contributed by atoms with Gasteiger partial charge in [-0.2, -0.15) is 14.8 Å². The van der Waals surface area contributed by atoms with Gasteiger partial charge in [0.1, 0.15) is 0 Å². The molecule has 1 heterocycles. The average molecular weight is 472 g/mol. The van der Waals surface area contributed by atoms with Crippen LogP contribution in [0.3, 0.4) is 0 Å². The summed E-state index contributed by atoms with van der Waals surface area (Å²) in [4.78, 5) is 12.5. The van der Waals surface area contributed by atoms with E-state index in [0.717, 1.165) is 9.87 Å². The number of hydrogen-bond donors (Lipinski definition) is 0. The Bertz CT molecular complexity index is 1180. The van der Waals surface area contributed by atoms with E-state index in [1.165, 1.54) is 12.1 Å². The lowest BCUT2D eigenvalue weighted by molar-refractivity contribution is -0.148. The Hall–Kier alpha value is -2.91. The van der Waals surface area contributed by atoms with Crippen LogP contribution in [0.2, 0.25) is 5.02 Å². The number of halogens is 1. The van der Waals surface area contributed by atoms with Gasteiger partial charge < -0.3 is 4.74 Å². The monoisotopic (exact) mass is 471 g/mol. The first-order chi connectivity index (χ1) is 15.3. The molecule has 0 fully saturated rings. The van der Waals surface area contributed by atoms with Crippen LogP contribution in [-0.2, 0) is 31.5 Å². The maximum atomic E-state index is 13.4. The predicted molar refractivity (Wildman–Crippen MR) is 118 cm³/mol. The summed E-state index contributed by atoms with van der Waals surface area (Å²) in [6.07, 6.45) is 1.76. The molecule has 2 unspecified atom stereocenters. The van der Waals surface area contributed by atoms with E-state index >= 15 is 0 Å². The fraction of sp³-hybridized carbons (Fsp3) is 0.348. The van der Waals surface area contributed by atoms with E-state index in [1.807, 2.05) is 24.3 Å². The zero-order valence-corrected chi connectivity index (χ0v) is 19.1. The molecule has 2 atom stereocenters. The first kappa shape index (κ1) is 23.7. The molecule has 0 aromatic heterocycles. The van der Waals surface area contributed by atoms with Crippen molar-refractivity contribution in [3.05, 3.63) is 64.7 Å². The van der Waals surface area contributed by atoms with Crippen molar-refractivity contribution in [1.82, 2.24) is 4.31 Å². The van der Waals surface area contributed by atoms with E-state index < -0.39 is 27.4 Å². The molecule has 166 valence electrons. The first-order valence-electron chi connectivity index (χ1n) is 10.2. The van der Waals surface area contributed by atoms with E-state index in [1.54, 1.807) is 31.2 Å². The minimum Gasteiger partial charge on any atom is -0.465 e. The summed E-state index contributed by atoms with van der Waals surface area (Å²) in [6, 6.07) is 17.2. The number of hydrogen-bond acceptors (Lipinski definition) is 6. The number of nitriles is 2. The Labute approximate surface area is 192 Å². The van der Waals surface area contributed by atoms with E-state index in [9.17, 15) is 23.7 Å². The number of nitrogens with zero attached hydrogens (tertiary/aromatic N) is 3. The number of sulfonamides is 1. The minimum atomic E-state index is -4.09. The fourth-order valence-corrected chi connectivity index (χ4v) is 6.11. The van der Waals surface area contributed by atoms with Gasteiger partial charge in [-0.15, -0.1) is 0 Å². The number of aryl methyl sites for hydroxylation is 1. The second-order valence-electron chi connectivity index (χ2n) is 7.35. The number of ether oxygens (including phenoxy) is 1. The molecule has 0 amide bonds. The molecule has 0 bridgehead atoms. The standard InChI is InChI=1S/C23H22ClN3O4S/c1-2-31-22(28)20(15-25)23(16-26)19-8-3-4-9-21(19)32(29,30)27(23)14-6-5-7-17-10-12-18(24)13-11-17/h3-4,8-13,20H,2,5-7,14H2,1H3. The highest BCUT2D eigenvalue weighted by Gasteiger charge is 2.61. The third-order valence-corrected chi connectivity index (χ3v) is 7.70. The summed E-state index contributed by atoms with van der Waals surface area (Å²) in [5, 5.41) is 20.7. The van der Waals surface area contributed by atoms with Crippen LogP contribution >= 0.6 is 11.6 Å². The van der Waals surface area contributed by atoms with Gasteiger partial charge in [-0.05, 0) is 49.9 Å². The predicted octanol–water partition coefficient (Wildman–Crippen LogP) is 3.79. The lowest BCUT2D eigenvalue weighted by atomic mass is 9.79. The van der Waals surface area contributed by atoms with Gasteiger partial charge in [0, 0.05) is 17.1 Å². The summed E-state index contributed by atoms with van der Waals surface area (Å²) in [5.41, 5.74) is -0.814. The zero-order valence-electron chi connectivity index (χ0n) is 17.5. The van der Waals surface area contributed by atoms with E-state index in [0.29, 0.717) is 24.3 Å². The number of carbonyl (C=O) groups is 1. The van der Waals surface area contributed by atoms with Crippen LogP contribution in [-0.4, -0.2) is 31.8 Å². The summed E-state index contributed by atoms with van der Waals surface area (Å²) in [7, 11) is -4.09. The molecule has 3 rings (SSSR count). The fourth-order valence-electron chi connectivity index (χ4n) is 4.00. The Morgan fingerprint density at radius 2 is 1.84 bits per heavy atom. The van der Waals surface area contributed by atoms with Gasteiger partial charge in [0.15, 0.2) is 11.5 Å². The second-order valence-corrected chi connectivity index (χ2v) is 9.62. The number of unbranched alkanes of at least 4 members (excludes halogenated alkanes) is 1. The average Bonchev–Trinajstić information content (AvgIpc) is 2.97. The summed E-state index contributed by atoms with van der Waals surface area (Å²) < 4.78 is 32.7. The van der Waals surface area contributed by atoms with Crippen molar-refractivity contribution in [2.75, 3.05) is 13.2 Å². The number of rotatable bonds is 8. The molecule has 0 radical (unpaired) electrons. The lowest BCUT2D eigenvalue weighted by Gasteiger charge is -2.33. The minimum absolute atomic E-state index is 0.00795. The lowest BCUT2D eigenvalue weighted by Crippen LogP contribution is -2.51. The van der Waals surface area contributed by atoms with Gasteiger partial charge in [-0.3, -0.25) is 4.79 Å². The van der Waals surface area contributed by atoms with Gasteiger partial charge in [0.25, 0.3) is 0 Å². The maximum Gasteiger partial charge on any atom is 0.326 e. The summed E-state index contributed by atoms with van der Waals surface area (Å²) in [5.74, 6) is -2.54. The van der Waals surface area contributed by atoms with Crippen molar-refractivity contribution in [3.63, 3.8) is 0 Å². The quantitative estimate of drug-likeness (QED) is 0.427. The maximum absolute atomic E-state index is 13.4. The normalized spacial score (nSPS) is 20.0. The van der Waals surface area contributed by atoms with Crippen molar-refractivity contribution in [2.24, 2.45) is 5.92 Å². The first-order valence-corrected chi connectivity index (χ1v) is 12.0. The van der Waals surface area contributed by atoms with Crippen molar-refractivity contribution in [1.29, 1.82) is 10.5 Å². The second kappa shape index (κ2) is 9.70. The molecule has 0 spiro atoms. The molecule has 0 aliphatic carbocycles. The summed E-state index contributed by atoms with van der Waals surface area (Å²) >= 11 is 5.91. The smallest absolute Gasteiger partial charge is 0.326 e. The Morgan fingerprint density at radius 1 is 1.16 bits per heavy atom. The van der Waals surface area contributed by atoms with Crippen LogP contribution in [0, 0.1) is 28.6 Å². The zero-order chi connectivity index (χ0) is 23.4. The third-order valence-electron chi connectivity index (χ3n) is 5.49.